The summed E-state index contributed by atoms with van der Waals surface area (Å²) in [5.41, 5.74) is 1.91. The van der Waals surface area contributed by atoms with Gasteiger partial charge in [0.05, 0.1) is 19.2 Å². The van der Waals surface area contributed by atoms with Crippen molar-refractivity contribution < 1.29 is 9.22 Å². The first-order valence-electron chi connectivity index (χ1n) is 5.67. The SMILES string of the molecule is COOSc1ccc(C2(C(C)C)CC2)cc1. The monoisotopic (exact) mass is 238 g/mol. The molecule has 16 heavy (non-hydrogen) atoms. The Bertz CT molecular complexity index is 341. The molecule has 1 aliphatic carbocycles. The quantitative estimate of drug-likeness (QED) is 0.439. The molecule has 1 aromatic carbocycles. The van der Waals surface area contributed by atoms with E-state index in [9.17, 15) is 0 Å². The highest BCUT2D eigenvalue weighted by molar-refractivity contribution is 7.94. The normalized spacial score (nSPS) is 17.8. The smallest absolute Gasteiger partial charge is 0.0725 e. The van der Waals surface area contributed by atoms with Gasteiger partial charge in [0.1, 0.15) is 0 Å². The lowest BCUT2D eigenvalue weighted by atomic mass is 9.85. The molecule has 0 bridgehead atoms. The zero-order chi connectivity index (χ0) is 11.6. The second kappa shape index (κ2) is 4.78. The third-order valence-electron chi connectivity index (χ3n) is 3.52. The van der Waals surface area contributed by atoms with Crippen molar-refractivity contribution in [1.29, 1.82) is 0 Å². The lowest BCUT2D eigenvalue weighted by molar-refractivity contribution is -0.160. The maximum Gasteiger partial charge on any atom is 0.0725 e. The average molecular weight is 238 g/mol. The molecule has 1 aromatic rings. The van der Waals surface area contributed by atoms with Crippen LogP contribution in [0.5, 0.6) is 0 Å². The zero-order valence-corrected chi connectivity index (χ0v) is 10.8. The molecule has 1 saturated carbocycles. The summed E-state index contributed by atoms with van der Waals surface area (Å²) < 4.78 is 4.82. The van der Waals surface area contributed by atoms with Crippen molar-refractivity contribution >= 4 is 12.0 Å². The maximum absolute atomic E-state index is 4.82. The molecule has 88 valence electrons. The Kier molecular flexibility index (Phi) is 3.57. The molecular weight excluding hydrogens is 220 g/mol. The van der Waals surface area contributed by atoms with Gasteiger partial charge in [-0.05, 0) is 41.9 Å². The van der Waals surface area contributed by atoms with Crippen molar-refractivity contribution in [2.45, 2.75) is 37.0 Å². The summed E-state index contributed by atoms with van der Waals surface area (Å²) in [4.78, 5) is 5.63. The van der Waals surface area contributed by atoms with Gasteiger partial charge >= 0.3 is 0 Å². The second-order valence-electron chi connectivity index (χ2n) is 4.65. The van der Waals surface area contributed by atoms with E-state index < -0.39 is 0 Å². The van der Waals surface area contributed by atoms with E-state index >= 15 is 0 Å². The molecule has 2 nitrogen and oxygen atoms in total. The number of hydrogen-bond donors (Lipinski definition) is 0. The highest BCUT2D eigenvalue weighted by Gasteiger charge is 2.46. The Labute approximate surface area is 101 Å². The van der Waals surface area contributed by atoms with Gasteiger partial charge in [0.15, 0.2) is 0 Å². The van der Waals surface area contributed by atoms with Gasteiger partial charge in [-0.2, -0.15) is 4.33 Å². The summed E-state index contributed by atoms with van der Waals surface area (Å²) >= 11 is 1.25. The minimum absolute atomic E-state index is 0.450. The maximum atomic E-state index is 4.82. The van der Waals surface area contributed by atoms with Gasteiger partial charge in [-0.25, -0.2) is 4.89 Å². The summed E-state index contributed by atoms with van der Waals surface area (Å²) in [7, 11) is 1.51. The van der Waals surface area contributed by atoms with Gasteiger partial charge < -0.3 is 0 Å². The molecule has 3 heteroatoms. The fraction of sp³-hybridized carbons (Fsp3) is 0.538. The van der Waals surface area contributed by atoms with Crippen LogP contribution in [0.1, 0.15) is 32.3 Å². The van der Waals surface area contributed by atoms with Crippen LogP contribution < -0.4 is 0 Å². The first kappa shape index (κ1) is 12.0. The van der Waals surface area contributed by atoms with Gasteiger partial charge in [-0.3, -0.25) is 0 Å². The van der Waals surface area contributed by atoms with Crippen LogP contribution in [0.3, 0.4) is 0 Å². The van der Waals surface area contributed by atoms with E-state index in [1.807, 2.05) is 0 Å². The lowest BCUT2D eigenvalue weighted by Gasteiger charge is -2.20. The van der Waals surface area contributed by atoms with Crippen molar-refractivity contribution in [2.24, 2.45) is 5.92 Å². The van der Waals surface area contributed by atoms with Crippen LogP contribution >= 0.6 is 12.0 Å². The fourth-order valence-electron chi connectivity index (χ4n) is 2.25. The molecule has 0 amide bonds. The van der Waals surface area contributed by atoms with E-state index in [0.717, 1.165) is 10.8 Å². The summed E-state index contributed by atoms with van der Waals surface area (Å²) in [6.07, 6.45) is 2.65. The van der Waals surface area contributed by atoms with Gasteiger partial charge in [0.25, 0.3) is 0 Å². The Balaban J connectivity index is 2.08. The van der Waals surface area contributed by atoms with Crippen LogP contribution in [0.15, 0.2) is 29.2 Å². The topological polar surface area (TPSA) is 18.5 Å². The van der Waals surface area contributed by atoms with Gasteiger partial charge in [0, 0.05) is 4.90 Å². The van der Waals surface area contributed by atoms with E-state index in [1.54, 1.807) is 0 Å². The number of rotatable bonds is 5. The summed E-state index contributed by atoms with van der Waals surface area (Å²) in [5.74, 6) is 0.723. The molecule has 1 fully saturated rings. The molecule has 2 rings (SSSR count). The molecule has 0 aromatic heterocycles. The van der Waals surface area contributed by atoms with E-state index in [1.165, 1.54) is 37.6 Å². The number of hydrogen-bond acceptors (Lipinski definition) is 3. The molecular formula is C13H18O2S. The standard InChI is InChI=1S/C13H18O2S/c1-10(2)13(8-9-13)11-4-6-12(7-5-11)16-15-14-3/h4-7,10H,8-9H2,1-3H3. The third-order valence-corrected chi connectivity index (χ3v) is 4.19. The van der Waals surface area contributed by atoms with Crippen LogP contribution in [-0.2, 0) is 14.6 Å². The van der Waals surface area contributed by atoms with Crippen LogP contribution in [0, 0.1) is 5.92 Å². The van der Waals surface area contributed by atoms with Crippen LogP contribution in [0.25, 0.3) is 0 Å². The predicted octanol–water partition coefficient (Wildman–Crippen LogP) is 3.96. The van der Waals surface area contributed by atoms with Crippen LogP contribution in [0.2, 0.25) is 0 Å². The first-order valence-corrected chi connectivity index (χ1v) is 6.41. The minimum atomic E-state index is 0.450. The highest BCUT2D eigenvalue weighted by atomic mass is 32.2. The molecule has 0 saturated heterocycles. The van der Waals surface area contributed by atoms with Gasteiger partial charge in [-0.1, -0.05) is 26.0 Å². The molecule has 0 heterocycles. The van der Waals surface area contributed by atoms with Crippen molar-refractivity contribution in [3.8, 4) is 0 Å². The molecule has 0 spiro atoms. The van der Waals surface area contributed by atoms with Crippen molar-refractivity contribution in [3.63, 3.8) is 0 Å². The number of benzene rings is 1. The lowest BCUT2D eigenvalue weighted by Crippen LogP contribution is -2.14. The van der Waals surface area contributed by atoms with Gasteiger partial charge in [-0.15, -0.1) is 0 Å². The summed E-state index contributed by atoms with van der Waals surface area (Å²) in [5, 5.41) is 0. The van der Waals surface area contributed by atoms with Crippen molar-refractivity contribution in [2.75, 3.05) is 7.11 Å². The van der Waals surface area contributed by atoms with E-state index in [4.69, 9.17) is 4.33 Å². The Morgan fingerprint density at radius 3 is 2.25 bits per heavy atom. The fourth-order valence-corrected chi connectivity index (χ4v) is 2.64. The molecule has 1 aliphatic rings. The first-order chi connectivity index (χ1) is 7.69. The van der Waals surface area contributed by atoms with Crippen molar-refractivity contribution in [1.82, 2.24) is 0 Å². The molecule has 0 N–H and O–H groups in total. The average Bonchev–Trinajstić information content (AvgIpc) is 3.08. The molecule has 0 unspecified atom stereocenters. The second-order valence-corrected chi connectivity index (χ2v) is 5.43. The zero-order valence-electron chi connectivity index (χ0n) is 10.0. The Morgan fingerprint density at radius 1 is 1.19 bits per heavy atom. The van der Waals surface area contributed by atoms with Crippen LogP contribution in [0.4, 0.5) is 0 Å². The van der Waals surface area contributed by atoms with Crippen LogP contribution in [-0.4, -0.2) is 7.11 Å². The Morgan fingerprint density at radius 2 is 1.81 bits per heavy atom. The van der Waals surface area contributed by atoms with E-state index in [-0.39, 0.29) is 0 Å². The largest absolute Gasteiger partial charge is 0.227 e. The predicted molar refractivity (Wildman–Crippen MR) is 66.1 cm³/mol. The molecule has 0 atom stereocenters. The Hall–Kier alpha value is -0.510. The third kappa shape index (κ3) is 2.26. The summed E-state index contributed by atoms with van der Waals surface area (Å²) in [6.45, 7) is 4.62. The van der Waals surface area contributed by atoms with Crippen molar-refractivity contribution in [3.05, 3.63) is 29.8 Å². The molecule has 0 radical (unpaired) electrons. The highest BCUT2D eigenvalue weighted by Crippen LogP contribution is 2.53. The van der Waals surface area contributed by atoms with Gasteiger partial charge in [0.2, 0.25) is 0 Å². The van der Waals surface area contributed by atoms with E-state index in [0.29, 0.717) is 5.41 Å². The molecule has 0 aliphatic heterocycles. The van der Waals surface area contributed by atoms with E-state index in [2.05, 4.69) is 43.0 Å². The summed E-state index contributed by atoms with van der Waals surface area (Å²) in [6, 6.07) is 8.63. The minimum Gasteiger partial charge on any atom is -0.227 e.